The number of para-hydroxylation sites is 1. The van der Waals surface area contributed by atoms with Crippen LogP contribution in [0.5, 0.6) is 17.2 Å². The molecule has 0 aliphatic carbocycles. The van der Waals surface area contributed by atoms with Crippen LogP contribution in [-0.4, -0.2) is 22.9 Å². The number of non-ortho nitro benzene ring substituents is 1. The molecule has 0 aliphatic rings. The van der Waals surface area contributed by atoms with Gasteiger partial charge in [0.15, 0.2) is 11.5 Å². The second-order valence-electron chi connectivity index (χ2n) is 7.24. The lowest BCUT2D eigenvalue weighted by Gasteiger charge is -2.13. The molecular formula is C24H17IN4O7. The number of anilines is 1. The second kappa shape index (κ2) is 11.3. The SMILES string of the molecule is COc1cc(/C=C(\C#N)C(=O)Nc2ccccc2C)cc(I)c1Oc1ccc([N+](=O)[O-])cc1[N+](=O)[O-]. The van der Waals surface area contributed by atoms with Gasteiger partial charge < -0.3 is 14.8 Å². The molecule has 3 aromatic carbocycles. The van der Waals surface area contributed by atoms with Gasteiger partial charge in [0.25, 0.3) is 11.6 Å². The third-order valence-corrected chi connectivity index (χ3v) is 5.68. The number of benzene rings is 3. The molecule has 36 heavy (non-hydrogen) atoms. The van der Waals surface area contributed by atoms with Gasteiger partial charge in [-0.3, -0.25) is 25.0 Å². The zero-order chi connectivity index (χ0) is 26.4. The van der Waals surface area contributed by atoms with Crippen LogP contribution < -0.4 is 14.8 Å². The summed E-state index contributed by atoms with van der Waals surface area (Å²) in [6, 6.07) is 15.1. The van der Waals surface area contributed by atoms with Crippen LogP contribution in [0.15, 0.2) is 60.2 Å². The summed E-state index contributed by atoms with van der Waals surface area (Å²) in [6.07, 6.45) is 1.37. The van der Waals surface area contributed by atoms with E-state index < -0.39 is 27.1 Å². The van der Waals surface area contributed by atoms with E-state index in [1.165, 1.54) is 19.3 Å². The Hall–Kier alpha value is -4.51. The Morgan fingerprint density at radius 2 is 1.81 bits per heavy atom. The number of nitrogens with one attached hydrogen (secondary N) is 1. The summed E-state index contributed by atoms with van der Waals surface area (Å²) in [7, 11) is 1.35. The van der Waals surface area contributed by atoms with Crippen molar-refractivity contribution in [3.05, 3.63) is 95.1 Å². The van der Waals surface area contributed by atoms with E-state index in [0.717, 1.165) is 23.8 Å². The summed E-state index contributed by atoms with van der Waals surface area (Å²) in [6.45, 7) is 1.83. The van der Waals surface area contributed by atoms with E-state index in [0.29, 0.717) is 14.8 Å². The number of carbonyl (C=O) groups is 1. The van der Waals surface area contributed by atoms with E-state index >= 15 is 0 Å². The van der Waals surface area contributed by atoms with Gasteiger partial charge in [0.1, 0.15) is 11.6 Å². The first-order valence-corrected chi connectivity index (χ1v) is 11.2. The third-order valence-electron chi connectivity index (χ3n) is 4.88. The molecule has 0 saturated carbocycles. The molecule has 11 nitrogen and oxygen atoms in total. The van der Waals surface area contributed by atoms with Crippen LogP contribution in [0.2, 0.25) is 0 Å². The number of nitro groups is 2. The van der Waals surface area contributed by atoms with Crippen molar-refractivity contribution in [2.45, 2.75) is 6.92 Å². The highest BCUT2D eigenvalue weighted by Crippen LogP contribution is 2.41. The van der Waals surface area contributed by atoms with Crippen LogP contribution in [0.25, 0.3) is 6.08 Å². The zero-order valence-corrected chi connectivity index (χ0v) is 21.0. The third kappa shape index (κ3) is 5.94. The monoisotopic (exact) mass is 600 g/mol. The Morgan fingerprint density at radius 1 is 1.08 bits per heavy atom. The number of halogens is 1. The van der Waals surface area contributed by atoms with E-state index in [1.54, 1.807) is 18.2 Å². The van der Waals surface area contributed by atoms with Crippen LogP contribution in [0.1, 0.15) is 11.1 Å². The zero-order valence-electron chi connectivity index (χ0n) is 18.9. The molecule has 0 atom stereocenters. The van der Waals surface area contributed by atoms with E-state index in [4.69, 9.17) is 9.47 Å². The fourth-order valence-electron chi connectivity index (χ4n) is 3.10. The van der Waals surface area contributed by atoms with Crippen molar-refractivity contribution in [3.8, 4) is 23.3 Å². The van der Waals surface area contributed by atoms with Gasteiger partial charge in [-0.2, -0.15) is 5.26 Å². The van der Waals surface area contributed by atoms with Crippen molar-refractivity contribution < 1.29 is 24.1 Å². The molecule has 1 N–H and O–H groups in total. The van der Waals surface area contributed by atoms with E-state index in [-0.39, 0.29) is 22.8 Å². The molecule has 182 valence electrons. The molecular weight excluding hydrogens is 583 g/mol. The molecule has 0 spiro atoms. The summed E-state index contributed by atoms with van der Waals surface area (Å²) in [5, 5.41) is 34.7. The average Bonchev–Trinajstić information content (AvgIpc) is 2.85. The van der Waals surface area contributed by atoms with Crippen molar-refractivity contribution in [1.82, 2.24) is 0 Å². The van der Waals surface area contributed by atoms with Crippen LogP contribution in [0, 0.1) is 42.1 Å². The van der Waals surface area contributed by atoms with Crippen LogP contribution >= 0.6 is 22.6 Å². The van der Waals surface area contributed by atoms with Crippen molar-refractivity contribution in [2.24, 2.45) is 0 Å². The van der Waals surface area contributed by atoms with Crippen molar-refractivity contribution in [2.75, 3.05) is 12.4 Å². The number of nitriles is 1. The highest BCUT2D eigenvalue weighted by molar-refractivity contribution is 14.1. The maximum atomic E-state index is 12.7. The number of nitrogens with zero attached hydrogens (tertiary/aromatic N) is 3. The normalized spacial score (nSPS) is 10.8. The number of methoxy groups -OCH3 is 1. The number of hydrogen-bond donors (Lipinski definition) is 1. The van der Waals surface area contributed by atoms with E-state index in [9.17, 15) is 30.3 Å². The maximum absolute atomic E-state index is 12.7. The predicted octanol–water partition coefficient (Wildman–Crippen LogP) is 5.76. The minimum atomic E-state index is -0.787. The van der Waals surface area contributed by atoms with Gasteiger partial charge in [-0.1, -0.05) is 18.2 Å². The van der Waals surface area contributed by atoms with Crippen LogP contribution in [0.4, 0.5) is 17.1 Å². The molecule has 1 amide bonds. The quantitative estimate of drug-likeness (QED) is 0.112. The number of ether oxygens (including phenoxy) is 2. The Bertz CT molecular complexity index is 1450. The van der Waals surface area contributed by atoms with Gasteiger partial charge >= 0.3 is 5.69 Å². The largest absolute Gasteiger partial charge is 0.493 e. The van der Waals surface area contributed by atoms with Gasteiger partial charge in [-0.25, -0.2) is 0 Å². The highest BCUT2D eigenvalue weighted by Gasteiger charge is 2.23. The van der Waals surface area contributed by atoms with Gasteiger partial charge in [0, 0.05) is 11.8 Å². The van der Waals surface area contributed by atoms with Gasteiger partial charge in [-0.15, -0.1) is 0 Å². The molecule has 0 fully saturated rings. The summed E-state index contributed by atoms with van der Waals surface area (Å²) < 4.78 is 11.5. The number of rotatable bonds is 8. The number of nitro benzene ring substituents is 2. The molecule has 0 aliphatic heterocycles. The summed E-state index contributed by atoms with van der Waals surface area (Å²) >= 11 is 1.91. The van der Waals surface area contributed by atoms with E-state index in [1.807, 2.05) is 47.7 Å². The fraction of sp³-hybridized carbons (Fsp3) is 0.0833. The standard InChI is InChI=1S/C24H17IN4O7/c1-14-5-3-4-6-19(14)27-24(30)16(13-26)9-15-10-18(25)23(22(11-15)35-2)36-21-8-7-17(28(31)32)12-20(21)29(33)34/h3-12H,1-2H3,(H,27,30)/b16-9+. The first-order valence-electron chi connectivity index (χ1n) is 10.1. The minimum absolute atomic E-state index is 0.120. The molecule has 3 rings (SSSR count). The molecule has 0 bridgehead atoms. The predicted molar refractivity (Wildman–Crippen MR) is 139 cm³/mol. The number of carbonyl (C=O) groups excluding carboxylic acids is 1. The molecule has 0 heterocycles. The van der Waals surface area contributed by atoms with Gasteiger partial charge in [0.2, 0.25) is 5.75 Å². The molecule has 3 aromatic rings. The van der Waals surface area contributed by atoms with Crippen molar-refractivity contribution in [1.29, 1.82) is 5.26 Å². The van der Waals surface area contributed by atoms with Crippen LogP contribution in [0.3, 0.4) is 0 Å². The molecule has 0 saturated heterocycles. The first kappa shape index (κ1) is 26.1. The average molecular weight is 600 g/mol. The van der Waals surface area contributed by atoms with Crippen LogP contribution in [-0.2, 0) is 4.79 Å². The molecule has 0 radical (unpaired) electrons. The smallest absolute Gasteiger partial charge is 0.318 e. The fourth-order valence-corrected chi connectivity index (χ4v) is 3.83. The number of hydrogen-bond acceptors (Lipinski definition) is 8. The first-order chi connectivity index (χ1) is 17.1. The highest BCUT2D eigenvalue weighted by atomic mass is 127. The topological polar surface area (TPSA) is 158 Å². The van der Waals surface area contributed by atoms with Gasteiger partial charge in [0.05, 0.1) is 26.6 Å². The Labute approximate surface area is 218 Å². The Balaban J connectivity index is 1.96. The second-order valence-corrected chi connectivity index (χ2v) is 8.40. The number of amides is 1. The molecule has 0 aromatic heterocycles. The lowest BCUT2D eigenvalue weighted by atomic mass is 10.1. The van der Waals surface area contributed by atoms with E-state index in [2.05, 4.69) is 5.32 Å². The van der Waals surface area contributed by atoms with Gasteiger partial charge in [-0.05, 0) is 71.0 Å². The summed E-state index contributed by atoms with van der Waals surface area (Å²) in [4.78, 5) is 33.5. The molecule has 12 heteroatoms. The molecule has 0 unspecified atom stereocenters. The number of aryl methyl sites for hydroxylation is 1. The van der Waals surface area contributed by atoms with Crippen molar-refractivity contribution >= 4 is 51.6 Å². The Kier molecular flexibility index (Phi) is 8.18. The Morgan fingerprint density at radius 3 is 2.42 bits per heavy atom. The summed E-state index contributed by atoms with van der Waals surface area (Å²) in [5.41, 5.74) is 0.648. The lowest BCUT2D eigenvalue weighted by Crippen LogP contribution is -2.14. The summed E-state index contributed by atoms with van der Waals surface area (Å²) in [5.74, 6) is -0.532. The lowest BCUT2D eigenvalue weighted by molar-refractivity contribution is -0.394. The minimum Gasteiger partial charge on any atom is -0.493 e. The van der Waals surface area contributed by atoms with Crippen molar-refractivity contribution in [3.63, 3.8) is 0 Å². The maximum Gasteiger partial charge on any atom is 0.318 e.